The molecule has 2 N–H and O–H groups in total. The molecule has 0 aliphatic carbocycles. The molecule has 106 valence electrons. The van der Waals surface area contributed by atoms with Gasteiger partial charge in [-0.1, -0.05) is 32.0 Å². The zero-order chi connectivity index (χ0) is 14.1. The summed E-state index contributed by atoms with van der Waals surface area (Å²) in [5.74, 6) is 0.00779. The number of benzene rings is 1. The lowest BCUT2D eigenvalue weighted by Crippen LogP contribution is -2.40. The molecule has 0 aromatic heterocycles. The van der Waals surface area contributed by atoms with Crippen LogP contribution < -0.4 is 10.6 Å². The first-order chi connectivity index (χ1) is 9.15. The molecule has 0 spiro atoms. The summed E-state index contributed by atoms with van der Waals surface area (Å²) in [7, 11) is 0. The van der Waals surface area contributed by atoms with Gasteiger partial charge in [-0.2, -0.15) is 11.8 Å². The monoisotopic (exact) mass is 280 g/mol. The summed E-state index contributed by atoms with van der Waals surface area (Å²) >= 11 is 1.88. The highest BCUT2D eigenvalue weighted by atomic mass is 32.2. The number of thioether (sulfide) groups is 1. The molecule has 1 aromatic rings. The van der Waals surface area contributed by atoms with Crippen LogP contribution in [0.3, 0.4) is 0 Å². The summed E-state index contributed by atoms with van der Waals surface area (Å²) in [4.78, 5) is 11.8. The van der Waals surface area contributed by atoms with Crippen molar-refractivity contribution in [1.29, 1.82) is 0 Å². The Hall–Kier alpha value is -1.00. The van der Waals surface area contributed by atoms with Gasteiger partial charge in [0.15, 0.2) is 0 Å². The number of rotatable bonds is 8. The van der Waals surface area contributed by atoms with E-state index in [0.29, 0.717) is 6.54 Å². The maximum atomic E-state index is 11.8. The first-order valence-corrected chi connectivity index (χ1v) is 7.99. The van der Waals surface area contributed by atoms with Crippen molar-refractivity contribution in [2.24, 2.45) is 0 Å². The summed E-state index contributed by atoms with van der Waals surface area (Å²) in [6.45, 7) is 5.62. The molecule has 0 bridgehead atoms. The standard InChI is InChI=1S/C15H24N2OS/c1-4-15(5-2,19-3)12-16-11-14(18)17-13-9-7-6-8-10-13/h6-10,16H,4-5,11-12H2,1-3H3,(H,17,18). The Labute approximate surface area is 120 Å². The van der Waals surface area contributed by atoms with E-state index in [1.54, 1.807) is 0 Å². The fourth-order valence-electron chi connectivity index (χ4n) is 1.99. The van der Waals surface area contributed by atoms with Gasteiger partial charge in [-0.05, 0) is 31.2 Å². The van der Waals surface area contributed by atoms with Crippen LogP contribution >= 0.6 is 11.8 Å². The molecule has 0 atom stereocenters. The van der Waals surface area contributed by atoms with Gasteiger partial charge in [0.1, 0.15) is 0 Å². The van der Waals surface area contributed by atoms with Gasteiger partial charge in [0.25, 0.3) is 0 Å². The van der Waals surface area contributed by atoms with Crippen molar-refractivity contribution in [3.8, 4) is 0 Å². The van der Waals surface area contributed by atoms with E-state index in [1.807, 2.05) is 42.1 Å². The van der Waals surface area contributed by atoms with Gasteiger partial charge in [0.05, 0.1) is 6.54 Å². The Balaban J connectivity index is 2.35. The third-order valence-corrected chi connectivity index (χ3v) is 5.10. The number of hydrogen-bond donors (Lipinski definition) is 2. The highest BCUT2D eigenvalue weighted by Gasteiger charge is 2.24. The van der Waals surface area contributed by atoms with Crippen molar-refractivity contribution in [2.45, 2.75) is 31.4 Å². The van der Waals surface area contributed by atoms with Crippen LogP contribution in [-0.4, -0.2) is 30.0 Å². The molecule has 1 rings (SSSR count). The number of para-hydroxylation sites is 1. The average molecular weight is 280 g/mol. The zero-order valence-corrected chi connectivity index (χ0v) is 12.8. The van der Waals surface area contributed by atoms with Gasteiger partial charge in [-0.3, -0.25) is 4.79 Å². The third-order valence-electron chi connectivity index (χ3n) is 3.51. The first kappa shape index (κ1) is 16.1. The normalized spacial score (nSPS) is 11.3. The van der Waals surface area contributed by atoms with Gasteiger partial charge in [0, 0.05) is 17.0 Å². The Kier molecular flexibility index (Phi) is 6.95. The summed E-state index contributed by atoms with van der Waals surface area (Å²) in [5, 5.41) is 6.14. The second kappa shape index (κ2) is 8.23. The Morgan fingerprint density at radius 2 is 1.84 bits per heavy atom. The largest absolute Gasteiger partial charge is 0.325 e. The van der Waals surface area contributed by atoms with Crippen molar-refractivity contribution in [2.75, 3.05) is 24.7 Å². The van der Waals surface area contributed by atoms with Crippen LogP contribution in [0.5, 0.6) is 0 Å². The van der Waals surface area contributed by atoms with Crippen molar-refractivity contribution in [3.05, 3.63) is 30.3 Å². The Morgan fingerprint density at radius 1 is 1.21 bits per heavy atom. The summed E-state index contributed by atoms with van der Waals surface area (Å²) in [6, 6.07) is 9.54. The molecule has 1 amide bonds. The summed E-state index contributed by atoms with van der Waals surface area (Å²) in [6.07, 6.45) is 4.36. The van der Waals surface area contributed by atoms with E-state index < -0.39 is 0 Å². The second-order valence-electron chi connectivity index (χ2n) is 4.61. The number of nitrogens with one attached hydrogen (secondary N) is 2. The van der Waals surface area contributed by atoms with Crippen molar-refractivity contribution in [3.63, 3.8) is 0 Å². The molecule has 1 aromatic carbocycles. The van der Waals surface area contributed by atoms with Crippen molar-refractivity contribution < 1.29 is 4.79 Å². The van der Waals surface area contributed by atoms with E-state index in [9.17, 15) is 4.79 Å². The topological polar surface area (TPSA) is 41.1 Å². The molecular formula is C15H24N2OS. The molecule has 0 saturated heterocycles. The number of carbonyl (C=O) groups is 1. The lowest BCUT2D eigenvalue weighted by molar-refractivity contribution is -0.115. The number of carbonyl (C=O) groups excluding carboxylic acids is 1. The van der Waals surface area contributed by atoms with Gasteiger partial charge >= 0.3 is 0 Å². The molecular weight excluding hydrogens is 256 g/mol. The maximum absolute atomic E-state index is 11.8. The van der Waals surface area contributed by atoms with E-state index in [0.717, 1.165) is 25.1 Å². The predicted octanol–water partition coefficient (Wildman–Crippen LogP) is 3.14. The summed E-state index contributed by atoms with van der Waals surface area (Å²) < 4.78 is 0.243. The number of amides is 1. The van der Waals surface area contributed by atoms with Crippen LogP contribution in [0.25, 0.3) is 0 Å². The van der Waals surface area contributed by atoms with Gasteiger partial charge < -0.3 is 10.6 Å². The van der Waals surface area contributed by atoms with Crippen LogP contribution in [0.1, 0.15) is 26.7 Å². The third kappa shape index (κ3) is 5.25. The van der Waals surface area contributed by atoms with Crippen LogP contribution in [0.2, 0.25) is 0 Å². The van der Waals surface area contributed by atoms with Crippen LogP contribution in [0.4, 0.5) is 5.69 Å². The molecule has 4 heteroatoms. The minimum atomic E-state index is 0.00779. The van der Waals surface area contributed by atoms with E-state index in [-0.39, 0.29) is 10.7 Å². The van der Waals surface area contributed by atoms with Crippen LogP contribution in [-0.2, 0) is 4.79 Å². The molecule has 19 heavy (non-hydrogen) atoms. The van der Waals surface area contributed by atoms with E-state index in [1.165, 1.54) is 0 Å². The SMILES string of the molecule is CCC(CC)(CNCC(=O)Nc1ccccc1)SC. The molecule has 0 aliphatic rings. The molecule has 0 fully saturated rings. The first-order valence-electron chi connectivity index (χ1n) is 6.76. The lowest BCUT2D eigenvalue weighted by atomic mass is 10.0. The van der Waals surface area contributed by atoms with E-state index in [4.69, 9.17) is 0 Å². The van der Waals surface area contributed by atoms with Gasteiger partial charge in [-0.15, -0.1) is 0 Å². The smallest absolute Gasteiger partial charge is 0.238 e. The second-order valence-corrected chi connectivity index (χ2v) is 5.89. The van der Waals surface area contributed by atoms with E-state index in [2.05, 4.69) is 30.7 Å². The van der Waals surface area contributed by atoms with Crippen molar-refractivity contribution in [1.82, 2.24) is 5.32 Å². The quantitative estimate of drug-likeness (QED) is 0.768. The zero-order valence-electron chi connectivity index (χ0n) is 12.0. The van der Waals surface area contributed by atoms with Crippen LogP contribution in [0, 0.1) is 0 Å². The molecule has 0 saturated carbocycles. The maximum Gasteiger partial charge on any atom is 0.238 e. The molecule has 0 heterocycles. The molecule has 3 nitrogen and oxygen atoms in total. The number of hydrogen-bond acceptors (Lipinski definition) is 3. The minimum absolute atomic E-state index is 0.00779. The highest BCUT2D eigenvalue weighted by Crippen LogP contribution is 2.29. The average Bonchev–Trinajstić information content (AvgIpc) is 2.45. The Bertz CT molecular complexity index is 369. The summed E-state index contributed by atoms with van der Waals surface area (Å²) in [5.41, 5.74) is 0.844. The van der Waals surface area contributed by atoms with Crippen LogP contribution in [0.15, 0.2) is 30.3 Å². The van der Waals surface area contributed by atoms with E-state index >= 15 is 0 Å². The fraction of sp³-hybridized carbons (Fsp3) is 0.533. The van der Waals surface area contributed by atoms with Gasteiger partial charge in [0.2, 0.25) is 5.91 Å². The highest BCUT2D eigenvalue weighted by molar-refractivity contribution is 8.00. The van der Waals surface area contributed by atoms with Crippen molar-refractivity contribution >= 4 is 23.4 Å². The molecule has 0 radical (unpaired) electrons. The predicted molar refractivity (Wildman–Crippen MR) is 84.8 cm³/mol. The van der Waals surface area contributed by atoms with Gasteiger partial charge in [-0.25, -0.2) is 0 Å². The fourth-order valence-corrected chi connectivity index (χ4v) is 2.82. The molecule has 0 unspecified atom stereocenters. The minimum Gasteiger partial charge on any atom is -0.325 e. The Morgan fingerprint density at radius 3 is 2.37 bits per heavy atom. The molecule has 0 aliphatic heterocycles. The lowest BCUT2D eigenvalue weighted by Gasteiger charge is -2.29. The number of anilines is 1.